The molecule has 11 aromatic rings. The monoisotopic (exact) mass is 1170 g/mol. The molecule has 0 aliphatic carbocycles. The number of H-pyrrole nitrogens is 2. The number of rotatable bonds is 16. The molecular weight excluding hydrogens is 1120 g/mol. The molecule has 2 aliphatic heterocycles. The first kappa shape index (κ1) is 55.5. The molecule has 13 rings (SSSR count). The quantitative estimate of drug-likeness (QED) is 0.0917. The molecule has 0 unspecified atom stereocenters. The van der Waals surface area contributed by atoms with Gasteiger partial charge in [0.05, 0.1) is 109 Å². The van der Waals surface area contributed by atoms with Crippen molar-refractivity contribution in [1.29, 1.82) is 0 Å². The Balaban J connectivity index is 1.19. The van der Waals surface area contributed by atoms with Crippen molar-refractivity contribution in [3.63, 3.8) is 0 Å². The minimum Gasteiger partial charge on any atom is -0.496 e. The number of para-hydroxylation sites is 2. The van der Waals surface area contributed by atoms with Crippen molar-refractivity contribution >= 4 is 86.1 Å². The van der Waals surface area contributed by atoms with E-state index in [1.807, 2.05) is 78.9 Å². The third kappa shape index (κ3) is 9.39. The molecule has 0 saturated heterocycles. The van der Waals surface area contributed by atoms with E-state index in [4.69, 9.17) is 57.0 Å². The molecule has 2 N–H and O–H groups in total. The van der Waals surface area contributed by atoms with Crippen LogP contribution in [0.3, 0.4) is 0 Å². The van der Waals surface area contributed by atoms with Crippen molar-refractivity contribution in [3.8, 4) is 96.3 Å². The Labute approximate surface area is 503 Å². The molecule has 2 aliphatic rings. The van der Waals surface area contributed by atoms with Crippen molar-refractivity contribution in [1.82, 2.24) is 39.9 Å². The number of hydrogen-bond donors (Lipinski definition) is 2. The third-order valence-electron chi connectivity index (χ3n) is 15.4. The normalized spacial score (nSPS) is 11.6. The predicted molar refractivity (Wildman–Crippen MR) is 337 cm³/mol. The fourth-order valence-electron chi connectivity index (χ4n) is 11.4. The van der Waals surface area contributed by atoms with Crippen LogP contribution < -0.4 is 47.5 Å². The van der Waals surface area contributed by atoms with Gasteiger partial charge in [-0.05, 0) is 66.8 Å². The highest BCUT2D eigenvalue weighted by Crippen LogP contribution is 2.51. The molecule has 0 atom stereocenters. The molecule has 5 aromatic carbocycles. The number of nitrogens with one attached hydrogen (secondary N) is 2. The number of aromatic amines is 2. The maximum Gasteiger partial charge on any atom is 0.271 e. The van der Waals surface area contributed by atoms with E-state index in [1.165, 1.54) is 4.90 Å². The Morgan fingerprint density at radius 1 is 0.386 bits per heavy atom. The zero-order valence-electron chi connectivity index (χ0n) is 49.1. The molecule has 0 fully saturated rings. The summed E-state index contributed by atoms with van der Waals surface area (Å²) in [6.07, 6.45) is 14.0. The van der Waals surface area contributed by atoms with Crippen LogP contribution in [0.25, 0.3) is 113 Å². The SMILES string of the molecule is COc1cc(OC)c(-c2c3nc(c(-c4c(OC)cc(OC)cc4OC)c4ccc([nH]4)c(-c4cccc5c4oc4c(C(=O)N(c6ncccn6)c6ncccn6)cccc45)c4nc(c(-c5c(OC)cc(OC)cc5OC)c5ccc2[nH]5)C=C4)C=C3)c(OC)c1. The van der Waals surface area contributed by atoms with E-state index >= 15 is 4.79 Å². The summed E-state index contributed by atoms with van der Waals surface area (Å²) in [6, 6.07) is 33.4. The average molecular weight is 1170 g/mol. The van der Waals surface area contributed by atoms with E-state index in [-0.39, 0.29) is 17.5 Å². The zero-order chi connectivity index (χ0) is 60.7. The van der Waals surface area contributed by atoms with Crippen LogP contribution in [-0.4, -0.2) is 110 Å². The number of carbonyl (C=O) groups excluding carboxylic acids is 1. The van der Waals surface area contributed by atoms with Gasteiger partial charge in [-0.15, -0.1) is 0 Å². The van der Waals surface area contributed by atoms with Crippen molar-refractivity contribution in [2.24, 2.45) is 0 Å². The number of amides is 1. The zero-order valence-corrected chi connectivity index (χ0v) is 49.1. The third-order valence-corrected chi connectivity index (χ3v) is 15.4. The number of fused-ring (bicyclic) bond motifs is 11. The topological polar surface area (TPSA) is 225 Å². The summed E-state index contributed by atoms with van der Waals surface area (Å²) in [5, 5.41) is 1.40. The van der Waals surface area contributed by atoms with Gasteiger partial charge < -0.3 is 57.0 Å². The van der Waals surface area contributed by atoms with Gasteiger partial charge in [-0.1, -0.05) is 30.3 Å². The number of benzene rings is 5. The van der Waals surface area contributed by atoms with Crippen LogP contribution in [0.5, 0.6) is 51.7 Å². The smallest absolute Gasteiger partial charge is 0.271 e. The molecule has 0 radical (unpaired) electrons. The number of ether oxygens (including phenoxy) is 9. The minimum absolute atomic E-state index is 0.0804. The number of furan rings is 1. The lowest BCUT2D eigenvalue weighted by Gasteiger charge is -2.18. The number of aromatic nitrogens is 8. The molecule has 6 aromatic heterocycles. The Kier molecular flexibility index (Phi) is 14.6. The Morgan fingerprint density at radius 3 is 1.09 bits per heavy atom. The molecule has 0 saturated carbocycles. The van der Waals surface area contributed by atoms with Gasteiger partial charge in [0.15, 0.2) is 0 Å². The lowest BCUT2D eigenvalue weighted by molar-refractivity contribution is 0.0997. The molecule has 0 spiro atoms. The van der Waals surface area contributed by atoms with Gasteiger partial charge in [-0.2, -0.15) is 0 Å². The molecule has 88 heavy (non-hydrogen) atoms. The van der Waals surface area contributed by atoms with Crippen LogP contribution in [0.4, 0.5) is 11.9 Å². The average Bonchev–Trinajstić information content (AvgIpc) is 2.82. The molecule has 20 heteroatoms. The van der Waals surface area contributed by atoms with E-state index in [0.29, 0.717) is 158 Å². The van der Waals surface area contributed by atoms with Gasteiger partial charge >= 0.3 is 0 Å². The summed E-state index contributed by atoms with van der Waals surface area (Å²) < 4.78 is 61.6. The van der Waals surface area contributed by atoms with Gasteiger partial charge in [0.1, 0.15) is 62.9 Å². The Hall–Kier alpha value is -11.7. The fraction of sp³-hybridized carbons (Fsp3) is 0.132. The maximum absolute atomic E-state index is 15.1. The molecule has 1 amide bonds. The van der Waals surface area contributed by atoms with Crippen LogP contribution in [-0.2, 0) is 0 Å². The number of nitrogens with zero attached hydrogens (tertiary/aromatic N) is 7. The molecule has 438 valence electrons. The van der Waals surface area contributed by atoms with Gasteiger partial charge in [0.2, 0.25) is 11.9 Å². The highest BCUT2D eigenvalue weighted by molar-refractivity contribution is 6.20. The van der Waals surface area contributed by atoms with E-state index in [1.54, 1.807) is 143 Å². The number of hydrogen-bond acceptors (Lipinski definition) is 17. The molecule has 20 nitrogen and oxygen atoms in total. The summed E-state index contributed by atoms with van der Waals surface area (Å²) in [5.74, 6) is 3.91. The van der Waals surface area contributed by atoms with E-state index in [2.05, 4.69) is 29.9 Å². The summed E-state index contributed by atoms with van der Waals surface area (Å²) in [6.45, 7) is 0. The lowest BCUT2D eigenvalue weighted by atomic mass is 10.00. The second-order valence-electron chi connectivity index (χ2n) is 19.9. The van der Waals surface area contributed by atoms with E-state index < -0.39 is 5.91 Å². The summed E-state index contributed by atoms with van der Waals surface area (Å²) in [4.78, 5) is 52.9. The van der Waals surface area contributed by atoms with E-state index in [9.17, 15) is 0 Å². The first-order valence-corrected chi connectivity index (χ1v) is 27.5. The predicted octanol–water partition coefficient (Wildman–Crippen LogP) is 13.9. The summed E-state index contributed by atoms with van der Waals surface area (Å²) >= 11 is 0. The molecule has 8 heterocycles. The Morgan fingerprint density at radius 2 is 0.727 bits per heavy atom. The van der Waals surface area contributed by atoms with E-state index in [0.717, 1.165) is 5.39 Å². The first-order valence-electron chi connectivity index (χ1n) is 27.5. The van der Waals surface area contributed by atoms with Crippen molar-refractivity contribution < 1.29 is 51.8 Å². The van der Waals surface area contributed by atoms with Gasteiger partial charge in [0.25, 0.3) is 5.91 Å². The first-order chi connectivity index (χ1) is 43.1. The highest BCUT2D eigenvalue weighted by atomic mass is 16.5. The van der Waals surface area contributed by atoms with Crippen LogP contribution in [0, 0.1) is 0 Å². The number of methoxy groups -OCH3 is 9. The van der Waals surface area contributed by atoms with Crippen molar-refractivity contribution in [2.45, 2.75) is 0 Å². The Bertz CT molecular complexity index is 4650. The second-order valence-corrected chi connectivity index (χ2v) is 19.9. The highest BCUT2D eigenvalue weighted by Gasteiger charge is 2.31. The van der Waals surface area contributed by atoms with Gasteiger partial charge in [-0.3, -0.25) is 4.79 Å². The van der Waals surface area contributed by atoms with Crippen molar-refractivity contribution in [3.05, 3.63) is 162 Å². The summed E-state index contributed by atoms with van der Waals surface area (Å²) in [7, 11) is 14.3. The largest absolute Gasteiger partial charge is 0.496 e. The maximum atomic E-state index is 15.1. The second kappa shape index (κ2) is 23.1. The van der Waals surface area contributed by atoms with Crippen LogP contribution >= 0.6 is 0 Å². The minimum atomic E-state index is -0.513. The number of anilines is 2. The summed E-state index contributed by atoms with van der Waals surface area (Å²) in [5.41, 5.74) is 10.5. The fourth-order valence-corrected chi connectivity index (χ4v) is 11.4. The van der Waals surface area contributed by atoms with Crippen LogP contribution in [0.2, 0.25) is 0 Å². The van der Waals surface area contributed by atoms with Crippen molar-refractivity contribution in [2.75, 3.05) is 68.9 Å². The molecular formula is C68H55N9O11. The number of carbonyl (C=O) groups is 1. The van der Waals surface area contributed by atoms with Crippen LogP contribution in [0.15, 0.2) is 138 Å². The lowest BCUT2D eigenvalue weighted by Crippen LogP contribution is -2.29. The van der Waals surface area contributed by atoms with Gasteiger partial charge in [0, 0.05) is 122 Å². The van der Waals surface area contributed by atoms with Crippen LogP contribution in [0.1, 0.15) is 33.1 Å². The molecule has 8 bridgehead atoms. The van der Waals surface area contributed by atoms with Gasteiger partial charge in [-0.25, -0.2) is 34.8 Å². The standard InChI is InChI=1S/C68H55N9O11/c1-79-36-30-51(82-4)61(52(31-36)83-5)58-45-20-18-43(73-45)57(41-16-10-14-39-40-15-11-17-42(65(40)88-64(39)41)66(78)77(67-69-26-12-27-70-67)68-71-28-13-29-72-68)44-19-21-46(74-44)59(62-53(84-6)32-37(80-2)33-54(62)85-7)48-23-25-50(76-48)60(49-24-22-47(58)75-49)63-55(86-8)34-38(81-3)35-56(63)87-9/h10-35,73,76H,1-9H3.